The van der Waals surface area contributed by atoms with Crippen molar-refractivity contribution >= 4 is 23.0 Å². The third-order valence-corrected chi connectivity index (χ3v) is 2.62. The second-order valence-electron chi connectivity index (χ2n) is 4.01. The van der Waals surface area contributed by atoms with Gasteiger partial charge in [0, 0.05) is 11.7 Å². The van der Waals surface area contributed by atoms with Gasteiger partial charge in [0.25, 0.3) is 0 Å². The van der Waals surface area contributed by atoms with Crippen molar-refractivity contribution < 1.29 is 0 Å². The minimum Gasteiger partial charge on any atom is -0.360 e. The summed E-state index contributed by atoms with van der Waals surface area (Å²) >= 11 is 5.24. The second-order valence-corrected chi connectivity index (χ2v) is 4.42. The number of para-hydroxylation sites is 1. The number of thiocarbonyl (C=S) groups is 1. The van der Waals surface area contributed by atoms with Crippen LogP contribution in [0.25, 0.3) is 0 Å². The number of rotatable bonds is 5. The molecule has 1 aromatic rings. The summed E-state index contributed by atoms with van der Waals surface area (Å²) in [6.45, 7) is 4.36. The number of benzene rings is 1. The van der Waals surface area contributed by atoms with Crippen molar-refractivity contribution in [2.75, 3.05) is 5.32 Å². The zero-order valence-corrected chi connectivity index (χ0v) is 10.8. The SMILES string of the molecule is CCCCC(C)NC(=S)Nc1ccccc1. The molecule has 88 valence electrons. The molecule has 0 heterocycles. The van der Waals surface area contributed by atoms with Crippen LogP contribution in [-0.2, 0) is 0 Å². The molecule has 1 atom stereocenters. The van der Waals surface area contributed by atoms with Gasteiger partial charge in [-0.2, -0.15) is 0 Å². The first-order chi connectivity index (χ1) is 7.72. The predicted octanol–water partition coefficient (Wildman–Crippen LogP) is 3.55. The summed E-state index contributed by atoms with van der Waals surface area (Å²) in [6.07, 6.45) is 3.63. The maximum Gasteiger partial charge on any atom is 0.170 e. The Bertz CT molecular complexity index is 311. The average molecular weight is 236 g/mol. The number of nitrogens with one attached hydrogen (secondary N) is 2. The molecule has 0 bridgehead atoms. The zero-order chi connectivity index (χ0) is 11.8. The molecule has 0 fully saturated rings. The number of hydrogen-bond acceptors (Lipinski definition) is 1. The highest BCUT2D eigenvalue weighted by Crippen LogP contribution is 2.05. The Morgan fingerprint density at radius 2 is 2.00 bits per heavy atom. The van der Waals surface area contributed by atoms with Gasteiger partial charge < -0.3 is 10.6 Å². The smallest absolute Gasteiger partial charge is 0.170 e. The summed E-state index contributed by atoms with van der Waals surface area (Å²) in [4.78, 5) is 0. The molecule has 0 aromatic heterocycles. The first-order valence-electron chi connectivity index (χ1n) is 5.85. The summed E-state index contributed by atoms with van der Waals surface area (Å²) in [5, 5.41) is 7.16. The number of unbranched alkanes of at least 4 members (excludes halogenated alkanes) is 1. The van der Waals surface area contributed by atoms with Gasteiger partial charge in [0.2, 0.25) is 0 Å². The molecule has 2 nitrogen and oxygen atoms in total. The van der Waals surface area contributed by atoms with Crippen molar-refractivity contribution in [2.24, 2.45) is 0 Å². The molecular weight excluding hydrogens is 216 g/mol. The van der Waals surface area contributed by atoms with Crippen molar-refractivity contribution in [2.45, 2.75) is 39.2 Å². The van der Waals surface area contributed by atoms with Crippen LogP contribution in [-0.4, -0.2) is 11.2 Å². The van der Waals surface area contributed by atoms with E-state index in [1.54, 1.807) is 0 Å². The van der Waals surface area contributed by atoms with Gasteiger partial charge in [-0.25, -0.2) is 0 Å². The molecule has 2 N–H and O–H groups in total. The van der Waals surface area contributed by atoms with Crippen molar-refractivity contribution in [3.63, 3.8) is 0 Å². The molecule has 16 heavy (non-hydrogen) atoms. The highest BCUT2D eigenvalue weighted by atomic mass is 32.1. The van der Waals surface area contributed by atoms with E-state index in [0.717, 1.165) is 12.1 Å². The van der Waals surface area contributed by atoms with E-state index in [2.05, 4.69) is 24.5 Å². The highest BCUT2D eigenvalue weighted by molar-refractivity contribution is 7.80. The van der Waals surface area contributed by atoms with Gasteiger partial charge in [-0.1, -0.05) is 38.0 Å². The zero-order valence-electron chi connectivity index (χ0n) is 9.99. The largest absolute Gasteiger partial charge is 0.360 e. The summed E-state index contributed by atoms with van der Waals surface area (Å²) < 4.78 is 0. The summed E-state index contributed by atoms with van der Waals surface area (Å²) in [5.74, 6) is 0. The van der Waals surface area contributed by atoms with Crippen LogP contribution in [0.2, 0.25) is 0 Å². The monoisotopic (exact) mass is 236 g/mol. The van der Waals surface area contributed by atoms with Gasteiger partial charge in [-0.3, -0.25) is 0 Å². The lowest BCUT2D eigenvalue weighted by Crippen LogP contribution is -2.35. The van der Waals surface area contributed by atoms with Crippen LogP contribution in [0.1, 0.15) is 33.1 Å². The molecule has 0 saturated carbocycles. The Hall–Kier alpha value is -1.09. The van der Waals surface area contributed by atoms with E-state index in [-0.39, 0.29) is 0 Å². The topological polar surface area (TPSA) is 24.1 Å². The van der Waals surface area contributed by atoms with E-state index in [9.17, 15) is 0 Å². The molecule has 0 aliphatic rings. The Morgan fingerprint density at radius 3 is 2.62 bits per heavy atom. The molecule has 0 saturated heterocycles. The van der Waals surface area contributed by atoms with Crippen LogP contribution >= 0.6 is 12.2 Å². The Labute approximate surface area is 103 Å². The molecule has 1 aromatic carbocycles. The van der Waals surface area contributed by atoms with Gasteiger partial charge >= 0.3 is 0 Å². The molecule has 0 spiro atoms. The van der Waals surface area contributed by atoms with E-state index >= 15 is 0 Å². The van der Waals surface area contributed by atoms with E-state index in [1.165, 1.54) is 12.8 Å². The van der Waals surface area contributed by atoms with Gasteiger partial charge in [-0.05, 0) is 37.7 Å². The van der Waals surface area contributed by atoms with Gasteiger partial charge in [0.05, 0.1) is 0 Å². The standard InChI is InChI=1S/C13H20N2S/c1-3-4-8-11(2)14-13(16)15-12-9-6-5-7-10-12/h5-7,9-11H,3-4,8H2,1-2H3,(H2,14,15,16). The van der Waals surface area contributed by atoms with Crippen LogP contribution < -0.4 is 10.6 Å². The van der Waals surface area contributed by atoms with Crippen LogP contribution in [0.3, 0.4) is 0 Å². The van der Waals surface area contributed by atoms with E-state index in [1.807, 2.05) is 30.3 Å². The molecule has 0 aliphatic carbocycles. The first kappa shape index (κ1) is 13.0. The highest BCUT2D eigenvalue weighted by Gasteiger charge is 2.03. The van der Waals surface area contributed by atoms with Crippen LogP contribution in [0.15, 0.2) is 30.3 Å². The van der Waals surface area contributed by atoms with Crippen LogP contribution in [0.4, 0.5) is 5.69 Å². The van der Waals surface area contributed by atoms with Crippen molar-refractivity contribution in [1.82, 2.24) is 5.32 Å². The minimum atomic E-state index is 0.434. The van der Waals surface area contributed by atoms with E-state index in [4.69, 9.17) is 12.2 Å². The Morgan fingerprint density at radius 1 is 1.31 bits per heavy atom. The third-order valence-electron chi connectivity index (χ3n) is 2.40. The Balaban J connectivity index is 2.31. The predicted molar refractivity (Wildman–Crippen MR) is 74.8 cm³/mol. The first-order valence-corrected chi connectivity index (χ1v) is 6.25. The normalized spacial score (nSPS) is 11.9. The lowest BCUT2D eigenvalue weighted by atomic mass is 10.1. The number of hydrogen-bond donors (Lipinski definition) is 2. The molecular formula is C13H20N2S. The summed E-state index contributed by atoms with van der Waals surface area (Å²) in [6, 6.07) is 10.4. The van der Waals surface area contributed by atoms with Gasteiger partial charge in [0.15, 0.2) is 5.11 Å². The fourth-order valence-electron chi connectivity index (χ4n) is 1.49. The van der Waals surface area contributed by atoms with Crippen molar-refractivity contribution in [1.29, 1.82) is 0 Å². The third kappa shape index (κ3) is 5.12. The van der Waals surface area contributed by atoms with Gasteiger partial charge in [0.1, 0.15) is 0 Å². The number of anilines is 1. The maximum absolute atomic E-state index is 5.24. The fourth-order valence-corrected chi connectivity index (χ4v) is 1.81. The van der Waals surface area contributed by atoms with Crippen LogP contribution in [0, 0.1) is 0 Å². The minimum absolute atomic E-state index is 0.434. The van der Waals surface area contributed by atoms with Crippen molar-refractivity contribution in [3.8, 4) is 0 Å². The Kier molecular flexibility index (Phi) is 5.86. The molecule has 0 amide bonds. The molecule has 0 radical (unpaired) electrons. The second kappa shape index (κ2) is 7.23. The molecule has 0 aliphatic heterocycles. The molecule has 3 heteroatoms. The quantitative estimate of drug-likeness (QED) is 0.765. The molecule has 1 rings (SSSR count). The summed E-state index contributed by atoms with van der Waals surface area (Å²) in [7, 11) is 0. The van der Waals surface area contributed by atoms with Crippen LogP contribution in [0.5, 0.6) is 0 Å². The molecule has 1 unspecified atom stereocenters. The maximum atomic E-state index is 5.24. The fraction of sp³-hybridized carbons (Fsp3) is 0.462. The lowest BCUT2D eigenvalue weighted by molar-refractivity contribution is 0.573. The van der Waals surface area contributed by atoms with Gasteiger partial charge in [-0.15, -0.1) is 0 Å². The summed E-state index contributed by atoms with van der Waals surface area (Å²) in [5.41, 5.74) is 1.03. The van der Waals surface area contributed by atoms with Crippen molar-refractivity contribution in [3.05, 3.63) is 30.3 Å². The lowest BCUT2D eigenvalue weighted by Gasteiger charge is -2.16. The van der Waals surface area contributed by atoms with E-state index < -0.39 is 0 Å². The van der Waals surface area contributed by atoms with E-state index in [0.29, 0.717) is 11.2 Å². The average Bonchev–Trinajstić information content (AvgIpc) is 2.27.